The van der Waals surface area contributed by atoms with E-state index in [2.05, 4.69) is 166 Å². The molecule has 0 radical (unpaired) electrons. The molecule has 0 saturated heterocycles. The first-order valence-electron chi connectivity index (χ1n) is 23.0. The minimum Gasteiger partial charge on any atom is -0.208 e. The standard InChI is InChI=1S/C34H26.C29H21N3/c1-22-11-3-8-16-30(22)34(32-17-9-6-14-27(32)28-15-7-10-18-33(28)34)31-20-19-26-25-13-5-4-12-24(25)21-29(26)23(31)2;1-19-15-16-22-18-26-23(25(22)17-19)13-8-14-24(26)29-31-27(20-9-4-2-5-10-20)30-28(32-29)21-11-6-3-7-12-21/h3-20H,21H2,1-2H3;2-17H,18H2,1H3. The maximum Gasteiger partial charge on any atom is 0.164 e. The lowest BCUT2D eigenvalue weighted by Gasteiger charge is -2.37. The van der Waals surface area contributed by atoms with E-state index in [4.69, 9.17) is 15.0 Å². The summed E-state index contributed by atoms with van der Waals surface area (Å²) in [6.45, 7) is 6.76. The van der Waals surface area contributed by atoms with E-state index in [1.165, 1.54) is 94.6 Å². The number of nitrogens with zero attached hydrogens (tertiary/aromatic N) is 3. The van der Waals surface area contributed by atoms with Gasteiger partial charge in [0, 0.05) is 16.7 Å². The third-order valence-corrected chi connectivity index (χ3v) is 14.2. The summed E-state index contributed by atoms with van der Waals surface area (Å²) >= 11 is 0. The molecule has 0 atom stereocenters. The summed E-state index contributed by atoms with van der Waals surface area (Å²) in [7, 11) is 0. The van der Waals surface area contributed by atoms with Crippen LogP contribution in [0.15, 0.2) is 206 Å². The molecular weight excluding hydrogens is 799 g/mol. The van der Waals surface area contributed by atoms with E-state index in [9.17, 15) is 0 Å². The normalized spacial score (nSPS) is 13.1. The summed E-state index contributed by atoms with van der Waals surface area (Å²) in [6, 6.07) is 74.1. The molecule has 10 aromatic rings. The Kier molecular flexibility index (Phi) is 9.54. The molecule has 0 amide bonds. The molecule has 66 heavy (non-hydrogen) atoms. The van der Waals surface area contributed by atoms with Crippen LogP contribution >= 0.6 is 0 Å². The average molecular weight is 846 g/mol. The number of aryl methyl sites for hydroxylation is 2. The monoisotopic (exact) mass is 845 g/mol. The molecule has 0 bridgehead atoms. The van der Waals surface area contributed by atoms with Crippen molar-refractivity contribution in [3.05, 3.63) is 267 Å². The smallest absolute Gasteiger partial charge is 0.164 e. The highest BCUT2D eigenvalue weighted by molar-refractivity contribution is 5.89. The maximum absolute atomic E-state index is 4.94. The molecular formula is C63H47N3. The number of aromatic nitrogens is 3. The van der Waals surface area contributed by atoms with Crippen LogP contribution < -0.4 is 0 Å². The molecule has 3 aliphatic carbocycles. The van der Waals surface area contributed by atoms with Crippen LogP contribution in [0.1, 0.15) is 61.2 Å². The SMILES string of the molecule is Cc1ccc2c(c1)-c1cccc(-c3nc(-c4ccccc4)nc(-c4ccccc4)n3)c1C2.Cc1ccccc1C1(c2ccc3c(c2C)Cc2ccccc2-3)c2ccccc2-c2ccccc21. The Balaban J connectivity index is 0.000000138. The predicted molar refractivity (Wildman–Crippen MR) is 271 cm³/mol. The number of rotatable bonds is 5. The number of fused-ring (bicyclic) bond motifs is 9. The Hall–Kier alpha value is -8.01. The second-order valence-electron chi connectivity index (χ2n) is 18.0. The summed E-state index contributed by atoms with van der Waals surface area (Å²) in [5, 5.41) is 0. The van der Waals surface area contributed by atoms with Crippen molar-refractivity contribution in [1.29, 1.82) is 0 Å². The van der Waals surface area contributed by atoms with Gasteiger partial charge in [0.15, 0.2) is 17.5 Å². The Morgan fingerprint density at radius 2 is 0.833 bits per heavy atom. The Bertz CT molecular complexity index is 3410. The third kappa shape index (κ3) is 6.30. The Morgan fingerprint density at radius 1 is 0.333 bits per heavy atom. The number of hydrogen-bond donors (Lipinski definition) is 0. The number of benzene rings is 9. The van der Waals surface area contributed by atoms with E-state index in [0.717, 1.165) is 35.4 Å². The first kappa shape index (κ1) is 39.6. The highest BCUT2D eigenvalue weighted by Crippen LogP contribution is 2.58. The van der Waals surface area contributed by atoms with Crippen molar-refractivity contribution >= 4 is 0 Å². The lowest BCUT2D eigenvalue weighted by molar-refractivity contribution is 0.752. The highest BCUT2D eigenvalue weighted by atomic mass is 15.0. The van der Waals surface area contributed by atoms with Crippen molar-refractivity contribution in [2.45, 2.75) is 39.0 Å². The van der Waals surface area contributed by atoms with E-state index < -0.39 is 0 Å². The molecule has 1 aromatic heterocycles. The Labute approximate surface area is 387 Å². The van der Waals surface area contributed by atoms with Crippen LogP contribution in [0.5, 0.6) is 0 Å². The molecule has 0 spiro atoms. The zero-order chi connectivity index (χ0) is 44.4. The fourth-order valence-corrected chi connectivity index (χ4v) is 11.2. The molecule has 0 saturated carbocycles. The van der Waals surface area contributed by atoms with Crippen LogP contribution in [0.2, 0.25) is 0 Å². The molecule has 0 fully saturated rings. The minimum absolute atomic E-state index is 0.327. The van der Waals surface area contributed by atoms with Gasteiger partial charge in [-0.1, -0.05) is 212 Å². The van der Waals surface area contributed by atoms with Crippen molar-refractivity contribution in [1.82, 2.24) is 15.0 Å². The van der Waals surface area contributed by atoms with E-state index in [-0.39, 0.29) is 5.41 Å². The first-order valence-corrected chi connectivity index (χ1v) is 23.0. The predicted octanol–water partition coefficient (Wildman–Crippen LogP) is 15.0. The summed E-state index contributed by atoms with van der Waals surface area (Å²) in [6.07, 6.45) is 1.91. The van der Waals surface area contributed by atoms with E-state index in [1.54, 1.807) is 0 Å². The summed E-state index contributed by atoms with van der Waals surface area (Å²) in [5.41, 5.74) is 26.0. The van der Waals surface area contributed by atoms with Crippen LogP contribution in [0.25, 0.3) is 67.5 Å². The third-order valence-electron chi connectivity index (χ3n) is 14.2. The van der Waals surface area contributed by atoms with Crippen LogP contribution in [-0.2, 0) is 18.3 Å². The topological polar surface area (TPSA) is 38.7 Å². The van der Waals surface area contributed by atoms with Gasteiger partial charge in [0.1, 0.15) is 0 Å². The van der Waals surface area contributed by atoms with Gasteiger partial charge >= 0.3 is 0 Å². The molecule has 0 aliphatic heterocycles. The molecule has 0 unspecified atom stereocenters. The largest absolute Gasteiger partial charge is 0.208 e. The average Bonchev–Trinajstić information content (AvgIpc) is 4.04. The van der Waals surface area contributed by atoms with Gasteiger partial charge in [-0.15, -0.1) is 0 Å². The van der Waals surface area contributed by atoms with E-state index in [0.29, 0.717) is 11.6 Å². The van der Waals surface area contributed by atoms with Gasteiger partial charge in [0.2, 0.25) is 0 Å². The Morgan fingerprint density at radius 3 is 1.50 bits per heavy atom. The summed E-state index contributed by atoms with van der Waals surface area (Å²) in [4.78, 5) is 14.7. The zero-order valence-electron chi connectivity index (χ0n) is 37.4. The van der Waals surface area contributed by atoms with Gasteiger partial charge in [-0.3, -0.25) is 0 Å². The second-order valence-corrected chi connectivity index (χ2v) is 18.0. The van der Waals surface area contributed by atoms with E-state index >= 15 is 0 Å². The lowest BCUT2D eigenvalue weighted by atomic mass is 9.65. The quantitative estimate of drug-likeness (QED) is 0.173. The molecule has 3 heteroatoms. The van der Waals surface area contributed by atoms with Gasteiger partial charge in [0.25, 0.3) is 0 Å². The first-order chi connectivity index (χ1) is 32.5. The van der Waals surface area contributed by atoms with Crippen molar-refractivity contribution in [2.24, 2.45) is 0 Å². The fourth-order valence-electron chi connectivity index (χ4n) is 11.2. The van der Waals surface area contributed by atoms with Gasteiger partial charge in [0.05, 0.1) is 5.41 Å². The molecule has 3 nitrogen and oxygen atoms in total. The van der Waals surface area contributed by atoms with Gasteiger partial charge in [-0.2, -0.15) is 0 Å². The van der Waals surface area contributed by atoms with Gasteiger partial charge < -0.3 is 0 Å². The maximum atomic E-state index is 4.94. The fraction of sp³-hybridized carbons (Fsp3) is 0.0952. The van der Waals surface area contributed by atoms with Crippen LogP contribution in [0.4, 0.5) is 0 Å². The lowest BCUT2D eigenvalue weighted by Crippen LogP contribution is -2.30. The molecule has 9 aromatic carbocycles. The van der Waals surface area contributed by atoms with Crippen LogP contribution in [0.3, 0.4) is 0 Å². The minimum atomic E-state index is -0.327. The molecule has 13 rings (SSSR count). The molecule has 314 valence electrons. The van der Waals surface area contributed by atoms with Gasteiger partial charge in [-0.05, 0) is 123 Å². The second kappa shape index (κ2) is 15.9. The van der Waals surface area contributed by atoms with Gasteiger partial charge in [-0.25, -0.2) is 15.0 Å². The molecule has 3 aliphatic rings. The number of hydrogen-bond acceptors (Lipinski definition) is 3. The van der Waals surface area contributed by atoms with Crippen molar-refractivity contribution in [3.63, 3.8) is 0 Å². The van der Waals surface area contributed by atoms with Crippen molar-refractivity contribution < 1.29 is 0 Å². The summed E-state index contributed by atoms with van der Waals surface area (Å²) in [5.74, 6) is 2.11. The molecule has 1 heterocycles. The van der Waals surface area contributed by atoms with Crippen molar-refractivity contribution in [2.75, 3.05) is 0 Å². The zero-order valence-corrected chi connectivity index (χ0v) is 37.4. The van der Waals surface area contributed by atoms with Crippen molar-refractivity contribution in [3.8, 4) is 67.5 Å². The summed E-state index contributed by atoms with van der Waals surface area (Å²) < 4.78 is 0. The van der Waals surface area contributed by atoms with Crippen LogP contribution in [0, 0.1) is 20.8 Å². The highest BCUT2D eigenvalue weighted by Gasteiger charge is 2.47. The molecule has 0 N–H and O–H groups in total. The van der Waals surface area contributed by atoms with E-state index in [1.807, 2.05) is 60.7 Å². The van der Waals surface area contributed by atoms with Crippen LogP contribution in [-0.4, -0.2) is 15.0 Å².